The van der Waals surface area contributed by atoms with E-state index in [1.54, 1.807) is 6.07 Å². The highest BCUT2D eigenvalue weighted by Gasteiger charge is 2.53. The second-order valence-corrected chi connectivity index (χ2v) is 9.84. The van der Waals surface area contributed by atoms with E-state index in [0.717, 1.165) is 16.0 Å². The fourth-order valence-corrected chi connectivity index (χ4v) is 5.60. The zero-order valence-electron chi connectivity index (χ0n) is 18.9. The van der Waals surface area contributed by atoms with E-state index in [4.69, 9.17) is 4.74 Å². The van der Waals surface area contributed by atoms with Crippen LogP contribution in [0.15, 0.2) is 28.9 Å². The van der Waals surface area contributed by atoms with E-state index < -0.39 is 23.9 Å². The number of fused-ring (bicyclic) bond motifs is 1. The van der Waals surface area contributed by atoms with Crippen LogP contribution in [0.5, 0.6) is 11.5 Å². The van der Waals surface area contributed by atoms with Crippen LogP contribution in [0.4, 0.5) is 0 Å². The number of benzene rings is 1. The molecule has 0 bridgehead atoms. The second-order valence-electron chi connectivity index (χ2n) is 8.68. The number of carbonyl (C=O) groups excluding carboxylic acids is 2. The van der Waals surface area contributed by atoms with E-state index in [2.05, 4.69) is 0 Å². The Bertz CT molecular complexity index is 1000. The van der Waals surface area contributed by atoms with Crippen molar-refractivity contribution in [3.05, 3.63) is 38.0 Å². The minimum absolute atomic E-state index is 0.0861. The average Bonchev–Trinajstić information content (AvgIpc) is 3.02. The molecule has 0 saturated carbocycles. The van der Waals surface area contributed by atoms with Gasteiger partial charge in [-0.2, -0.15) is 0 Å². The zero-order chi connectivity index (χ0) is 24.4. The highest BCUT2D eigenvalue weighted by Crippen LogP contribution is 2.45. The van der Waals surface area contributed by atoms with Crippen LogP contribution in [0.25, 0.3) is 6.08 Å². The van der Waals surface area contributed by atoms with Crippen molar-refractivity contribution in [1.82, 2.24) is 4.90 Å². The van der Waals surface area contributed by atoms with Crippen molar-refractivity contribution in [3.8, 4) is 11.5 Å². The number of rotatable bonds is 8. The Morgan fingerprint density at radius 3 is 2.61 bits per heavy atom. The molecule has 1 aliphatic carbocycles. The number of likely N-dealkylation sites (tertiary alicyclic amines) is 1. The molecule has 1 aromatic rings. The van der Waals surface area contributed by atoms with Crippen molar-refractivity contribution in [1.29, 1.82) is 0 Å². The maximum atomic E-state index is 12.6. The van der Waals surface area contributed by atoms with E-state index in [9.17, 15) is 30.0 Å². The van der Waals surface area contributed by atoms with E-state index in [0.29, 0.717) is 33.3 Å². The number of allylic oxidation sites excluding steroid dienone is 1. The van der Waals surface area contributed by atoms with E-state index in [1.165, 1.54) is 14.2 Å². The minimum atomic E-state index is -0.961. The number of amides is 2. The first kappa shape index (κ1) is 25.7. The van der Waals surface area contributed by atoms with Crippen LogP contribution in [0, 0.1) is 21.3 Å². The standard InChI is InChI=1S/C24H30INO7/c1-12(6-13-7-17(25)22(30)19(8-13)33-3)4-5-18(29)20-14(10-27)9-15-21(16(20)11-28)24(32)26(2)23(15)31/h6-8,15-16,18,21,27-30H,4-5,9-11H2,1-3H3/b12-6+/t15-,16+,18-,21-/m1/s1. The van der Waals surface area contributed by atoms with Crippen molar-refractivity contribution < 1.29 is 34.8 Å². The van der Waals surface area contributed by atoms with Crippen LogP contribution >= 0.6 is 22.6 Å². The highest BCUT2D eigenvalue weighted by molar-refractivity contribution is 14.1. The molecule has 0 unspecified atom stereocenters. The molecule has 1 aromatic carbocycles. The number of carbonyl (C=O) groups is 2. The van der Waals surface area contributed by atoms with Gasteiger partial charge in [-0.1, -0.05) is 11.6 Å². The van der Waals surface area contributed by atoms with Gasteiger partial charge < -0.3 is 25.2 Å². The Balaban J connectivity index is 1.80. The first-order chi connectivity index (χ1) is 15.6. The van der Waals surface area contributed by atoms with Crippen LogP contribution in [-0.2, 0) is 9.59 Å². The lowest BCUT2D eigenvalue weighted by Crippen LogP contribution is -2.39. The molecule has 2 aliphatic rings. The number of phenolic OH excluding ortho intramolecular Hbond substituents is 1. The third-order valence-electron chi connectivity index (χ3n) is 6.65. The molecule has 1 aliphatic heterocycles. The number of aromatic hydroxyl groups is 1. The van der Waals surface area contributed by atoms with Gasteiger partial charge in [-0.3, -0.25) is 14.5 Å². The fraction of sp³-hybridized carbons (Fsp3) is 0.500. The van der Waals surface area contributed by atoms with Crippen LogP contribution in [0.1, 0.15) is 31.7 Å². The van der Waals surface area contributed by atoms with Gasteiger partial charge in [0.2, 0.25) is 11.8 Å². The Labute approximate surface area is 206 Å². The summed E-state index contributed by atoms with van der Waals surface area (Å²) in [6.07, 6.45) is 2.05. The van der Waals surface area contributed by atoms with Crippen molar-refractivity contribution in [2.45, 2.75) is 32.3 Å². The summed E-state index contributed by atoms with van der Waals surface area (Å²) in [5.74, 6) is -2.21. The van der Waals surface area contributed by atoms with Gasteiger partial charge in [0.1, 0.15) is 0 Å². The summed E-state index contributed by atoms with van der Waals surface area (Å²) >= 11 is 2.03. The zero-order valence-corrected chi connectivity index (χ0v) is 21.1. The van der Waals surface area contributed by atoms with E-state index in [1.807, 2.05) is 41.7 Å². The molecular weight excluding hydrogens is 541 g/mol. The summed E-state index contributed by atoms with van der Waals surface area (Å²) in [7, 11) is 2.92. The molecular formula is C24H30INO7. The van der Waals surface area contributed by atoms with Gasteiger partial charge in [0, 0.05) is 13.0 Å². The number of phenols is 1. The molecule has 180 valence electrons. The molecule has 1 saturated heterocycles. The van der Waals surface area contributed by atoms with Crippen molar-refractivity contribution >= 4 is 40.5 Å². The average molecular weight is 571 g/mol. The summed E-state index contributed by atoms with van der Waals surface area (Å²) in [4.78, 5) is 26.2. The molecule has 0 radical (unpaired) electrons. The normalized spacial score (nSPS) is 24.4. The molecule has 3 rings (SSSR count). The van der Waals surface area contributed by atoms with E-state index >= 15 is 0 Å². The monoisotopic (exact) mass is 571 g/mol. The SMILES string of the molecule is COc1cc(/C=C(\C)CC[C@@H](O)C2=C(CO)C[C@H]3C(=O)N(C)C(=O)[C@H]3[C@H]2CO)cc(I)c1O. The number of ether oxygens (including phenoxy) is 1. The first-order valence-electron chi connectivity index (χ1n) is 10.8. The molecule has 1 heterocycles. The molecule has 8 nitrogen and oxygen atoms in total. The van der Waals surface area contributed by atoms with Crippen molar-refractivity contribution in [3.63, 3.8) is 0 Å². The summed E-state index contributed by atoms with van der Waals surface area (Å²) in [6.45, 7) is 1.21. The number of aliphatic hydroxyl groups is 3. The van der Waals surface area contributed by atoms with Crippen molar-refractivity contribution in [2.24, 2.45) is 17.8 Å². The molecule has 4 N–H and O–H groups in total. The van der Waals surface area contributed by atoms with Gasteiger partial charge in [-0.05, 0) is 77.6 Å². The number of hydrogen-bond donors (Lipinski definition) is 4. The molecule has 0 spiro atoms. The topological polar surface area (TPSA) is 128 Å². The molecule has 33 heavy (non-hydrogen) atoms. The summed E-state index contributed by atoms with van der Waals surface area (Å²) in [5.41, 5.74) is 2.83. The first-order valence-corrected chi connectivity index (χ1v) is 11.9. The van der Waals surface area contributed by atoms with Gasteiger partial charge >= 0.3 is 0 Å². The largest absolute Gasteiger partial charge is 0.504 e. The Kier molecular flexibility index (Phi) is 8.20. The number of imide groups is 1. The van der Waals surface area contributed by atoms with E-state index in [-0.39, 0.29) is 37.2 Å². The van der Waals surface area contributed by atoms with Crippen molar-refractivity contribution in [2.75, 3.05) is 27.4 Å². The van der Waals surface area contributed by atoms with Gasteiger partial charge in [-0.15, -0.1) is 0 Å². The number of methoxy groups -OCH3 is 1. The quantitative estimate of drug-likeness (QED) is 0.214. The summed E-state index contributed by atoms with van der Waals surface area (Å²) in [6, 6.07) is 3.55. The van der Waals surface area contributed by atoms with Crippen LogP contribution in [0.2, 0.25) is 0 Å². The lowest BCUT2D eigenvalue weighted by atomic mass is 9.68. The van der Waals surface area contributed by atoms with Crippen LogP contribution < -0.4 is 4.74 Å². The van der Waals surface area contributed by atoms with Crippen LogP contribution in [-0.4, -0.2) is 70.6 Å². The number of halogens is 1. The highest BCUT2D eigenvalue weighted by atomic mass is 127. The lowest BCUT2D eigenvalue weighted by Gasteiger charge is -2.36. The molecule has 9 heteroatoms. The fourth-order valence-electron chi connectivity index (χ4n) is 4.97. The second kappa shape index (κ2) is 10.5. The Morgan fingerprint density at radius 2 is 2.00 bits per heavy atom. The van der Waals surface area contributed by atoms with Gasteiger partial charge in [0.25, 0.3) is 0 Å². The molecule has 0 aromatic heterocycles. The molecule has 2 amide bonds. The predicted molar refractivity (Wildman–Crippen MR) is 130 cm³/mol. The number of hydrogen-bond acceptors (Lipinski definition) is 7. The third-order valence-corrected chi connectivity index (χ3v) is 7.47. The predicted octanol–water partition coefficient (Wildman–Crippen LogP) is 2.08. The molecule has 1 fully saturated rings. The lowest BCUT2D eigenvalue weighted by molar-refractivity contribution is -0.138. The smallest absolute Gasteiger partial charge is 0.233 e. The summed E-state index contributed by atoms with van der Waals surface area (Å²) < 4.78 is 5.86. The van der Waals surface area contributed by atoms with Gasteiger partial charge in [-0.25, -0.2) is 0 Å². The maximum absolute atomic E-state index is 12.6. The Morgan fingerprint density at radius 1 is 1.30 bits per heavy atom. The van der Waals surface area contributed by atoms with Gasteiger partial charge in [0.15, 0.2) is 11.5 Å². The minimum Gasteiger partial charge on any atom is -0.504 e. The molecule has 4 atom stereocenters. The maximum Gasteiger partial charge on any atom is 0.233 e. The number of nitrogens with zero attached hydrogens (tertiary/aromatic N) is 1. The third kappa shape index (κ3) is 4.96. The summed E-state index contributed by atoms with van der Waals surface area (Å²) in [5, 5.41) is 41.0. The number of aliphatic hydroxyl groups excluding tert-OH is 3. The van der Waals surface area contributed by atoms with Crippen LogP contribution in [0.3, 0.4) is 0 Å². The van der Waals surface area contributed by atoms with Gasteiger partial charge in [0.05, 0.1) is 41.8 Å². The Hall–Kier alpha value is -1.95.